The summed E-state index contributed by atoms with van der Waals surface area (Å²) in [6, 6.07) is -0.616. The summed E-state index contributed by atoms with van der Waals surface area (Å²) in [6.07, 6.45) is 50.4. The quantitative estimate of drug-likeness (QED) is 0.0282. The summed E-state index contributed by atoms with van der Waals surface area (Å²) in [5, 5.41) is 9.64. The third kappa shape index (κ3) is 40.9. The molecule has 0 aromatic heterocycles. The molecule has 0 bridgehead atoms. The predicted octanol–water partition coefficient (Wildman–Crippen LogP) is 14.2. The first kappa shape index (κ1) is 57.5. The zero-order chi connectivity index (χ0) is 44.2. The fraction of sp³-hybridized carbons (Fsp3) is 0.827. The summed E-state index contributed by atoms with van der Waals surface area (Å²) >= 11 is 0. The van der Waals surface area contributed by atoms with Crippen molar-refractivity contribution in [3.05, 3.63) is 36.5 Å². The van der Waals surface area contributed by atoms with Gasteiger partial charge in [-0.15, -0.1) is 0 Å². The number of carbonyl (C=O) groups is 3. The van der Waals surface area contributed by atoms with Crippen molar-refractivity contribution in [3.8, 4) is 0 Å². The van der Waals surface area contributed by atoms with Crippen molar-refractivity contribution in [1.82, 2.24) is 0 Å². The molecule has 0 aliphatic carbocycles. The Labute approximate surface area is 370 Å². The second-order valence-electron chi connectivity index (χ2n) is 18.1. The SMILES string of the molecule is CCCCCCC/C=C\C/C=C\CCCCCCCCCCCC(=O)OC(COCCC(C(=O)O)[N+](C)(C)C)COC(=O)CCCCCCC/C=C\CCCCCCCC. The lowest BCUT2D eigenvalue weighted by molar-refractivity contribution is -0.887. The molecule has 0 amide bonds. The maximum atomic E-state index is 12.8. The molecule has 1 N–H and O–H groups in total. The highest BCUT2D eigenvalue weighted by Crippen LogP contribution is 2.15. The normalized spacial score (nSPS) is 13.2. The molecule has 0 aliphatic heterocycles. The third-order valence-electron chi connectivity index (χ3n) is 11.3. The van der Waals surface area contributed by atoms with E-state index in [0.717, 1.165) is 51.4 Å². The van der Waals surface area contributed by atoms with E-state index in [-0.39, 0.29) is 36.2 Å². The molecule has 350 valence electrons. The number of likely N-dealkylation sites (N-methyl/N-ethyl adjacent to an activating group) is 1. The predicted molar refractivity (Wildman–Crippen MR) is 252 cm³/mol. The highest BCUT2D eigenvalue weighted by Gasteiger charge is 2.31. The van der Waals surface area contributed by atoms with Crippen molar-refractivity contribution >= 4 is 17.9 Å². The molecule has 0 aromatic carbocycles. The van der Waals surface area contributed by atoms with Gasteiger partial charge >= 0.3 is 17.9 Å². The number of unbranched alkanes of at least 4 members (excludes halogenated alkanes) is 25. The van der Waals surface area contributed by atoms with Gasteiger partial charge in [-0.2, -0.15) is 0 Å². The molecule has 0 saturated heterocycles. The van der Waals surface area contributed by atoms with Gasteiger partial charge in [0.25, 0.3) is 0 Å². The van der Waals surface area contributed by atoms with Crippen molar-refractivity contribution in [3.63, 3.8) is 0 Å². The lowest BCUT2D eigenvalue weighted by Crippen LogP contribution is -2.50. The number of ether oxygens (including phenoxy) is 3. The molecule has 0 aliphatic rings. The Balaban J connectivity index is 4.26. The van der Waals surface area contributed by atoms with Crippen LogP contribution in [-0.2, 0) is 28.6 Å². The fourth-order valence-electron chi connectivity index (χ4n) is 7.35. The van der Waals surface area contributed by atoms with Crippen molar-refractivity contribution in [2.45, 2.75) is 238 Å². The topological polar surface area (TPSA) is 99.1 Å². The van der Waals surface area contributed by atoms with Gasteiger partial charge in [-0.05, 0) is 70.6 Å². The largest absolute Gasteiger partial charge is 0.477 e. The zero-order valence-electron chi connectivity index (χ0n) is 39.9. The van der Waals surface area contributed by atoms with Crippen LogP contribution < -0.4 is 0 Å². The Morgan fingerprint density at radius 2 is 0.883 bits per heavy atom. The van der Waals surface area contributed by atoms with E-state index >= 15 is 0 Å². The van der Waals surface area contributed by atoms with Crippen LogP contribution in [0.2, 0.25) is 0 Å². The van der Waals surface area contributed by atoms with E-state index in [1.807, 2.05) is 21.1 Å². The summed E-state index contributed by atoms with van der Waals surface area (Å²) < 4.78 is 17.3. The Bertz CT molecular complexity index is 1080. The van der Waals surface area contributed by atoms with E-state index < -0.39 is 18.1 Å². The van der Waals surface area contributed by atoms with Crippen LogP contribution >= 0.6 is 0 Å². The van der Waals surface area contributed by atoms with Crippen LogP contribution in [0.1, 0.15) is 226 Å². The minimum absolute atomic E-state index is 0.0553. The summed E-state index contributed by atoms with van der Waals surface area (Å²) in [4.78, 5) is 37.1. The van der Waals surface area contributed by atoms with Crippen LogP contribution in [-0.4, -0.2) is 80.6 Å². The number of quaternary nitrogens is 1. The van der Waals surface area contributed by atoms with Crippen LogP contribution in [0, 0.1) is 0 Å². The van der Waals surface area contributed by atoms with Gasteiger partial charge in [0.15, 0.2) is 12.1 Å². The van der Waals surface area contributed by atoms with Gasteiger partial charge in [-0.1, -0.05) is 172 Å². The highest BCUT2D eigenvalue weighted by atomic mass is 16.6. The van der Waals surface area contributed by atoms with E-state index in [1.165, 1.54) is 141 Å². The number of nitrogens with zero attached hydrogens (tertiary/aromatic N) is 1. The molecule has 8 nitrogen and oxygen atoms in total. The fourth-order valence-corrected chi connectivity index (χ4v) is 7.35. The molecule has 0 heterocycles. The molecule has 60 heavy (non-hydrogen) atoms. The molecule has 0 aromatic rings. The number of aliphatic carboxylic acids is 1. The highest BCUT2D eigenvalue weighted by molar-refractivity contribution is 5.72. The second kappa shape index (κ2) is 43.2. The maximum absolute atomic E-state index is 12.8. The van der Waals surface area contributed by atoms with Gasteiger partial charge in [0, 0.05) is 19.3 Å². The van der Waals surface area contributed by atoms with Crippen molar-refractivity contribution in [1.29, 1.82) is 0 Å². The van der Waals surface area contributed by atoms with Crippen LogP contribution in [0.3, 0.4) is 0 Å². The van der Waals surface area contributed by atoms with Crippen molar-refractivity contribution in [2.75, 3.05) is 41.0 Å². The molecular formula is C52H96NO7+. The first-order valence-electron chi connectivity index (χ1n) is 25.0. The minimum atomic E-state index is -0.875. The summed E-state index contributed by atoms with van der Waals surface area (Å²) in [6.45, 7) is 4.73. The second-order valence-corrected chi connectivity index (χ2v) is 18.1. The van der Waals surface area contributed by atoms with E-state index in [0.29, 0.717) is 19.3 Å². The van der Waals surface area contributed by atoms with Crippen LogP contribution in [0.4, 0.5) is 0 Å². The summed E-state index contributed by atoms with van der Waals surface area (Å²) in [5.41, 5.74) is 0. The smallest absolute Gasteiger partial charge is 0.362 e. The molecule has 2 unspecified atom stereocenters. The van der Waals surface area contributed by atoms with E-state index in [1.54, 1.807) is 0 Å². The molecule has 0 saturated carbocycles. The number of carbonyl (C=O) groups excluding carboxylic acids is 2. The van der Waals surface area contributed by atoms with Crippen molar-refractivity contribution in [2.24, 2.45) is 0 Å². The number of carboxylic acid groups (broad SMARTS) is 1. The molecule has 0 fully saturated rings. The monoisotopic (exact) mass is 847 g/mol. The number of rotatable bonds is 45. The average Bonchev–Trinajstić information content (AvgIpc) is 3.21. The Hall–Kier alpha value is -2.45. The van der Waals surface area contributed by atoms with Gasteiger partial charge < -0.3 is 23.8 Å². The lowest BCUT2D eigenvalue weighted by atomic mass is 10.1. The Morgan fingerprint density at radius 1 is 0.500 bits per heavy atom. The number of hydrogen-bond acceptors (Lipinski definition) is 6. The van der Waals surface area contributed by atoms with E-state index in [9.17, 15) is 19.5 Å². The number of hydrogen-bond donors (Lipinski definition) is 1. The Morgan fingerprint density at radius 3 is 1.30 bits per heavy atom. The number of allylic oxidation sites excluding steroid dienone is 6. The standard InChI is InChI=1S/C52H95NO7/c1-6-8-10-12-14-16-18-20-22-23-24-25-26-27-29-31-33-35-37-39-41-43-51(55)60-48(46-58-45-44-49(52(56)57)53(3,4)5)47-59-50(54)42-40-38-36-34-32-30-28-21-19-17-15-13-11-9-7-2/h18,20-21,23-24,28,48-49H,6-17,19,22,25-27,29-47H2,1-5H3/p+1/b20-18-,24-23-,28-21-. The lowest BCUT2D eigenvalue weighted by Gasteiger charge is -2.31. The third-order valence-corrected chi connectivity index (χ3v) is 11.3. The van der Waals surface area contributed by atoms with Gasteiger partial charge in [0.2, 0.25) is 0 Å². The van der Waals surface area contributed by atoms with Crippen LogP contribution in [0.15, 0.2) is 36.5 Å². The van der Waals surface area contributed by atoms with Crippen LogP contribution in [0.25, 0.3) is 0 Å². The molecule has 0 rings (SSSR count). The first-order chi connectivity index (χ1) is 29.1. The average molecular weight is 847 g/mol. The van der Waals surface area contributed by atoms with Gasteiger partial charge in [-0.3, -0.25) is 9.59 Å². The zero-order valence-corrected chi connectivity index (χ0v) is 39.9. The molecular weight excluding hydrogens is 751 g/mol. The minimum Gasteiger partial charge on any atom is -0.477 e. The summed E-state index contributed by atoms with van der Waals surface area (Å²) in [7, 11) is 5.53. The molecule has 0 radical (unpaired) electrons. The van der Waals surface area contributed by atoms with Crippen LogP contribution in [0.5, 0.6) is 0 Å². The molecule has 8 heteroatoms. The number of esters is 2. The molecule has 2 atom stereocenters. The van der Waals surface area contributed by atoms with E-state index in [2.05, 4.69) is 50.3 Å². The first-order valence-corrected chi connectivity index (χ1v) is 25.0. The summed E-state index contributed by atoms with van der Waals surface area (Å²) in [5.74, 6) is -1.47. The van der Waals surface area contributed by atoms with Gasteiger partial charge in [-0.25, -0.2) is 4.79 Å². The Kier molecular flexibility index (Phi) is 41.4. The van der Waals surface area contributed by atoms with E-state index in [4.69, 9.17) is 14.2 Å². The number of carboxylic acids is 1. The van der Waals surface area contributed by atoms with Gasteiger partial charge in [0.1, 0.15) is 6.61 Å². The van der Waals surface area contributed by atoms with Gasteiger partial charge in [0.05, 0.1) is 34.4 Å². The maximum Gasteiger partial charge on any atom is 0.362 e. The molecule has 0 spiro atoms. The van der Waals surface area contributed by atoms with Crippen molar-refractivity contribution < 1.29 is 38.2 Å².